The van der Waals surface area contributed by atoms with Gasteiger partial charge in [-0.1, -0.05) is 36.4 Å². The number of anilines is 2. The minimum absolute atomic E-state index is 0.395. The molecule has 51 heavy (non-hydrogen) atoms. The quantitative estimate of drug-likeness (QED) is 0.123. The number of hydrogen-bond donors (Lipinski definition) is 0. The van der Waals surface area contributed by atoms with Crippen LogP contribution in [0.3, 0.4) is 0 Å². The van der Waals surface area contributed by atoms with Crippen LogP contribution < -0.4 is 9.80 Å². The lowest BCUT2D eigenvalue weighted by atomic mass is 9.90. The third kappa shape index (κ3) is 8.19. The first kappa shape index (κ1) is 34.7. The summed E-state index contributed by atoms with van der Waals surface area (Å²) in [6.45, 7) is 19.3. The molecule has 0 N–H and O–H groups in total. The van der Waals surface area contributed by atoms with Crippen LogP contribution in [0.4, 0.5) is 11.4 Å². The zero-order valence-electron chi connectivity index (χ0n) is 28.9. The highest BCUT2D eigenvalue weighted by Gasteiger charge is 2.25. The fraction of sp³-hybridized carbons (Fsp3) is 0.295. The highest BCUT2D eigenvalue weighted by molar-refractivity contribution is 5.86. The summed E-state index contributed by atoms with van der Waals surface area (Å²) in [5, 5.41) is 17.4. The first-order valence-electron chi connectivity index (χ1n) is 17.7. The van der Waals surface area contributed by atoms with Gasteiger partial charge in [-0.2, -0.15) is 10.5 Å². The third-order valence-corrected chi connectivity index (χ3v) is 9.92. The van der Waals surface area contributed by atoms with Crippen LogP contribution in [0.1, 0.15) is 86.1 Å². The third-order valence-electron chi connectivity index (χ3n) is 9.92. The van der Waals surface area contributed by atoms with Crippen LogP contribution in [-0.2, 0) is 32.2 Å². The van der Waals surface area contributed by atoms with Crippen molar-refractivity contribution in [1.82, 2.24) is 0 Å². The lowest BCUT2D eigenvalue weighted by molar-refractivity contribution is 0.112. The van der Waals surface area contributed by atoms with Crippen LogP contribution >= 0.6 is 0 Å². The Labute approximate surface area is 301 Å². The van der Waals surface area contributed by atoms with Crippen molar-refractivity contribution in [3.8, 4) is 12.1 Å². The summed E-state index contributed by atoms with van der Waals surface area (Å²) in [6, 6.07) is 27.1. The summed E-state index contributed by atoms with van der Waals surface area (Å²) in [7, 11) is 0. The maximum Gasteiger partial charge on any atom is 0.239 e. The largest absolute Gasteiger partial charge is 0.371 e. The monoisotopic (exact) mass is 668 g/mol. The van der Waals surface area contributed by atoms with Crippen molar-refractivity contribution in [1.29, 1.82) is 10.5 Å². The van der Waals surface area contributed by atoms with Gasteiger partial charge in [0, 0.05) is 48.7 Å². The molecule has 0 amide bonds. The molecular weight excluding hydrogens is 629 g/mol. The van der Waals surface area contributed by atoms with Crippen molar-refractivity contribution in [2.24, 2.45) is 0 Å². The number of nitriles is 2. The standard InChI is InChI=1S/C22H19N3.C13H15NO.C9H6N2/c1-24-21(18-8-6-16(15-23)7-9-18)14-17-12-19-4-2-10-25-11-3-5-20(13-17)22(19)25;15-9-10-7-11-3-1-5-14-6-2-4-12(8-10)13(11)14;1-11-7-9-4-2-8(6-10)3-5-9/h6-9,12-14H,2-5,10-11H2;7-9H,1-6H2;2-5H,7H2/b21-14-;;. The van der Waals surface area contributed by atoms with Crippen molar-refractivity contribution in [2.75, 3.05) is 36.0 Å². The average Bonchev–Trinajstić information content (AvgIpc) is 3.18. The molecule has 0 fully saturated rings. The van der Waals surface area contributed by atoms with Crippen LogP contribution in [0.2, 0.25) is 0 Å². The maximum absolute atomic E-state index is 10.8. The Morgan fingerprint density at radius 1 is 0.667 bits per heavy atom. The van der Waals surface area contributed by atoms with E-state index in [1.807, 2.05) is 24.3 Å². The molecule has 0 saturated carbocycles. The minimum atomic E-state index is 0.395. The van der Waals surface area contributed by atoms with Crippen LogP contribution in [0, 0.1) is 35.8 Å². The van der Waals surface area contributed by atoms with E-state index in [0.717, 1.165) is 54.2 Å². The molecule has 4 aromatic rings. The van der Waals surface area contributed by atoms with E-state index in [0.29, 0.717) is 23.4 Å². The molecule has 0 saturated heterocycles. The van der Waals surface area contributed by atoms with Gasteiger partial charge in [0.05, 0.1) is 29.8 Å². The smallest absolute Gasteiger partial charge is 0.239 e. The molecule has 0 atom stereocenters. The number of carbonyl (C=O) groups is 1. The SMILES string of the molecule is O=Cc1cc2c3c(c1)CCCN3CCC2.[C-]#[N+]/C(=C\c1cc2c3c(c1)CCCN3CCC2)c1ccc(C#N)cc1.[C-]#[N+]Cc1ccc(C#N)cc1. The molecular formula is C44H40N6O. The lowest BCUT2D eigenvalue weighted by Crippen LogP contribution is -2.34. The summed E-state index contributed by atoms with van der Waals surface area (Å²) in [6.07, 6.45) is 12.4. The van der Waals surface area contributed by atoms with Crippen LogP contribution in [-0.4, -0.2) is 32.5 Å². The molecule has 4 aromatic carbocycles. The van der Waals surface area contributed by atoms with E-state index in [1.165, 1.54) is 85.5 Å². The fourth-order valence-corrected chi connectivity index (χ4v) is 7.64. The number of carbonyl (C=O) groups excluding carboxylic acids is 1. The van der Waals surface area contributed by atoms with Crippen molar-refractivity contribution in [2.45, 2.75) is 57.9 Å². The molecule has 0 unspecified atom stereocenters. The second-order valence-corrected chi connectivity index (χ2v) is 13.3. The van der Waals surface area contributed by atoms with E-state index in [-0.39, 0.29) is 0 Å². The van der Waals surface area contributed by atoms with Gasteiger partial charge in [-0.3, -0.25) is 4.79 Å². The molecule has 0 bridgehead atoms. The summed E-state index contributed by atoms with van der Waals surface area (Å²) >= 11 is 0. The zero-order valence-corrected chi connectivity index (χ0v) is 28.9. The fourth-order valence-electron chi connectivity index (χ4n) is 7.64. The Kier molecular flexibility index (Phi) is 11.2. The van der Waals surface area contributed by atoms with Crippen LogP contribution in [0.5, 0.6) is 0 Å². The predicted molar refractivity (Wildman–Crippen MR) is 203 cm³/mol. The molecule has 252 valence electrons. The van der Waals surface area contributed by atoms with Gasteiger partial charge >= 0.3 is 0 Å². The highest BCUT2D eigenvalue weighted by Crippen LogP contribution is 2.37. The van der Waals surface area contributed by atoms with E-state index in [9.17, 15) is 4.79 Å². The Bertz CT molecular complexity index is 2040. The zero-order chi connectivity index (χ0) is 35.6. The number of aryl methyl sites for hydroxylation is 4. The molecule has 4 heterocycles. The average molecular weight is 669 g/mol. The molecule has 7 nitrogen and oxygen atoms in total. The summed E-state index contributed by atoms with van der Waals surface area (Å²) in [5.41, 5.74) is 14.2. The van der Waals surface area contributed by atoms with Crippen molar-refractivity contribution >= 4 is 29.4 Å². The van der Waals surface area contributed by atoms with Crippen LogP contribution in [0.15, 0.2) is 72.8 Å². The van der Waals surface area contributed by atoms with E-state index in [4.69, 9.17) is 23.7 Å². The normalized spacial score (nSPS) is 15.0. The predicted octanol–water partition coefficient (Wildman–Crippen LogP) is 8.85. The Morgan fingerprint density at radius 3 is 1.49 bits per heavy atom. The maximum atomic E-state index is 10.8. The van der Waals surface area contributed by atoms with Crippen molar-refractivity contribution in [3.05, 3.63) is 151 Å². The number of rotatable bonds is 4. The van der Waals surface area contributed by atoms with E-state index >= 15 is 0 Å². The Morgan fingerprint density at radius 2 is 1.10 bits per heavy atom. The van der Waals surface area contributed by atoms with Gasteiger partial charge in [-0.15, -0.1) is 0 Å². The van der Waals surface area contributed by atoms with Gasteiger partial charge in [0.25, 0.3) is 0 Å². The van der Waals surface area contributed by atoms with Gasteiger partial charge in [-0.05, 0) is 127 Å². The summed E-state index contributed by atoms with van der Waals surface area (Å²) in [4.78, 5) is 22.8. The van der Waals surface area contributed by atoms with E-state index < -0.39 is 0 Å². The molecule has 0 aliphatic carbocycles. The lowest BCUT2D eigenvalue weighted by Gasteiger charge is -2.37. The molecule has 4 aliphatic heterocycles. The first-order valence-corrected chi connectivity index (χ1v) is 17.7. The number of benzene rings is 4. The topological polar surface area (TPSA) is 79.8 Å². The second-order valence-electron chi connectivity index (χ2n) is 13.3. The van der Waals surface area contributed by atoms with E-state index in [2.05, 4.69) is 49.8 Å². The second kappa shape index (κ2) is 16.5. The van der Waals surface area contributed by atoms with E-state index in [1.54, 1.807) is 36.4 Å². The number of nitrogens with zero attached hydrogens (tertiary/aromatic N) is 6. The molecule has 4 aliphatic rings. The molecule has 0 aromatic heterocycles. The number of aldehydes is 1. The van der Waals surface area contributed by atoms with Gasteiger partial charge in [-0.25, -0.2) is 11.4 Å². The van der Waals surface area contributed by atoms with Crippen LogP contribution in [0.25, 0.3) is 21.5 Å². The molecule has 0 spiro atoms. The van der Waals surface area contributed by atoms with Crippen molar-refractivity contribution in [3.63, 3.8) is 0 Å². The minimum Gasteiger partial charge on any atom is -0.371 e. The first-order chi connectivity index (χ1) is 25.0. The highest BCUT2D eigenvalue weighted by atomic mass is 16.1. The van der Waals surface area contributed by atoms with Gasteiger partial charge in [0.1, 0.15) is 6.29 Å². The summed E-state index contributed by atoms with van der Waals surface area (Å²) < 4.78 is 0. The Balaban J connectivity index is 0.000000146. The van der Waals surface area contributed by atoms with Gasteiger partial charge in [0.15, 0.2) is 5.70 Å². The molecule has 8 rings (SSSR count). The molecule has 0 radical (unpaired) electrons. The Hall–Kier alpha value is -6.15. The number of hydrogen-bond acceptors (Lipinski definition) is 5. The summed E-state index contributed by atoms with van der Waals surface area (Å²) in [5.74, 6) is 0. The van der Waals surface area contributed by atoms with Gasteiger partial charge < -0.3 is 14.6 Å². The van der Waals surface area contributed by atoms with Gasteiger partial charge in [0.2, 0.25) is 6.54 Å². The van der Waals surface area contributed by atoms with Crippen molar-refractivity contribution < 1.29 is 4.79 Å². The molecule has 7 heteroatoms.